The third kappa shape index (κ3) is 7.07. The Labute approximate surface area is 196 Å². The Morgan fingerprint density at radius 1 is 1.21 bits per heavy atom. The first-order valence-electron chi connectivity index (χ1n) is 11.3. The minimum atomic E-state index is -5.08. The van der Waals surface area contributed by atoms with Gasteiger partial charge in [-0.3, -0.25) is 9.69 Å². The Hall–Kier alpha value is -2.37. The number of alkyl halides is 3. The second-order valence-corrected chi connectivity index (χ2v) is 8.81. The van der Waals surface area contributed by atoms with E-state index in [1.807, 2.05) is 23.1 Å². The lowest BCUT2D eigenvalue weighted by Gasteiger charge is -2.53. The van der Waals surface area contributed by atoms with E-state index < -0.39 is 12.1 Å². The van der Waals surface area contributed by atoms with Gasteiger partial charge in [-0.1, -0.05) is 18.2 Å². The molecule has 8 nitrogen and oxygen atoms in total. The fourth-order valence-electron chi connectivity index (χ4n) is 4.55. The highest BCUT2D eigenvalue weighted by Gasteiger charge is 2.48. The zero-order valence-corrected chi connectivity index (χ0v) is 19.2. The van der Waals surface area contributed by atoms with Crippen molar-refractivity contribution < 1.29 is 42.1 Å². The molecule has 3 aliphatic rings. The maximum absolute atomic E-state index is 12.2. The lowest BCUT2D eigenvalue weighted by atomic mass is 9.84. The maximum Gasteiger partial charge on any atom is 0.490 e. The molecule has 0 aromatic heterocycles. The number of methoxy groups -OCH3 is 1. The molecule has 0 bridgehead atoms. The van der Waals surface area contributed by atoms with E-state index >= 15 is 0 Å². The van der Waals surface area contributed by atoms with Crippen molar-refractivity contribution >= 4 is 11.9 Å². The number of carboxylic acid groups (broad SMARTS) is 1. The molecule has 1 amide bonds. The summed E-state index contributed by atoms with van der Waals surface area (Å²) < 4.78 is 49.3. The van der Waals surface area contributed by atoms with Gasteiger partial charge in [0.1, 0.15) is 12.4 Å². The molecule has 34 heavy (non-hydrogen) atoms. The van der Waals surface area contributed by atoms with E-state index in [2.05, 4.69) is 11.0 Å². The van der Waals surface area contributed by atoms with E-state index in [1.165, 1.54) is 5.56 Å². The summed E-state index contributed by atoms with van der Waals surface area (Å²) in [6.45, 7) is 5.39. The predicted molar refractivity (Wildman–Crippen MR) is 115 cm³/mol. The van der Waals surface area contributed by atoms with E-state index in [-0.39, 0.29) is 24.2 Å². The fraction of sp³-hybridized carbons (Fsp3) is 0.652. The van der Waals surface area contributed by atoms with E-state index in [0.717, 1.165) is 64.2 Å². The van der Waals surface area contributed by atoms with Gasteiger partial charge in [0.05, 0.1) is 18.8 Å². The van der Waals surface area contributed by atoms with E-state index in [9.17, 15) is 18.0 Å². The summed E-state index contributed by atoms with van der Waals surface area (Å²) in [5.41, 5.74) is 1.09. The van der Waals surface area contributed by atoms with Crippen molar-refractivity contribution in [2.24, 2.45) is 0 Å². The molecule has 1 spiro atoms. The van der Waals surface area contributed by atoms with Gasteiger partial charge in [0.25, 0.3) is 0 Å². The Balaban J connectivity index is 0.000000406. The molecule has 3 saturated heterocycles. The molecule has 1 atom stereocenters. The average molecular weight is 489 g/mol. The lowest BCUT2D eigenvalue weighted by molar-refractivity contribution is -0.200. The number of carboxylic acids is 1. The molecule has 1 aromatic carbocycles. The molecule has 4 rings (SSSR count). The standard InChI is InChI=1S/C21H30N2O4.C2HF3O2/c1-25-19-7-3-2-6-17(19)13-22-15-21(16-22)12-18(8-11-27-21)26-14-20(24)23-9-4-5-10-23;3-2(4,5)1(6)7/h2-3,6-7,18H,4-5,8-16H2,1H3;(H,6,7). The second-order valence-electron chi connectivity index (χ2n) is 8.81. The van der Waals surface area contributed by atoms with Gasteiger partial charge in [-0.25, -0.2) is 4.79 Å². The van der Waals surface area contributed by atoms with Gasteiger partial charge in [0.2, 0.25) is 5.91 Å². The summed E-state index contributed by atoms with van der Waals surface area (Å²) in [6.07, 6.45) is -0.967. The number of benzene rings is 1. The van der Waals surface area contributed by atoms with Crippen LogP contribution in [0.15, 0.2) is 24.3 Å². The van der Waals surface area contributed by atoms with E-state index in [0.29, 0.717) is 6.61 Å². The predicted octanol–water partition coefficient (Wildman–Crippen LogP) is 2.70. The molecule has 3 heterocycles. The Morgan fingerprint density at radius 3 is 2.47 bits per heavy atom. The highest BCUT2D eigenvalue weighted by atomic mass is 19.4. The number of carbonyl (C=O) groups is 2. The summed E-state index contributed by atoms with van der Waals surface area (Å²) in [5.74, 6) is -1.68. The Bertz CT molecular complexity index is 838. The zero-order chi connectivity index (χ0) is 24.8. The summed E-state index contributed by atoms with van der Waals surface area (Å²) in [5, 5.41) is 7.12. The van der Waals surface area contributed by atoms with Gasteiger partial charge in [-0.15, -0.1) is 0 Å². The van der Waals surface area contributed by atoms with Crippen LogP contribution in [0.4, 0.5) is 13.2 Å². The van der Waals surface area contributed by atoms with Gasteiger partial charge >= 0.3 is 12.1 Å². The highest BCUT2D eigenvalue weighted by molar-refractivity contribution is 5.77. The molecule has 3 fully saturated rings. The number of nitrogens with zero attached hydrogens (tertiary/aromatic N) is 2. The summed E-state index contributed by atoms with van der Waals surface area (Å²) in [6, 6.07) is 8.16. The minimum Gasteiger partial charge on any atom is -0.496 e. The molecule has 1 unspecified atom stereocenters. The van der Waals surface area contributed by atoms with Gasteiger partial charge in [0, 0.05) is 51.3 Å². The molecule has 1 N–H and O–H groups in total. The van der Waals surface area contributed by atoms with E-state index in [1.54, 1.807) is 7.11 Å². The Morgan fingerprint density at radius 2 is 1.85 bits per heavy atom. The highest BCUT2D eigenvalue weighted by Crippen LogP contribution is 2.36. The summed E-state index contributed by atoms with van der Waals surface area (Å²) in [7, 11) is 1.71. The van der Waals surface area contributed by atoms with Gasteiger partial charge in [-0.2, -0.15) is 13.2 Å². The summed E-state index contributed by atoms with van der Waals surface area (Å²) >= 11 is 0. The van der Waals surface area contributed by atoms with Crippen LogP contribution < -0.4 is 4.74 Å². The number of aliphatic carboxylic acids is 1. The van der Waals surface area contributed by atoms with Crippen molar-refractivity contribution in [2.45, 2.75) is 50.1 Å². The number of amides is 1. The van der Waals surface area contributed by atoms with Crippen LogP contribution >= 0.6 is 0 Å². The monoisotopic (exact) mass is 488 g/mol. The van der Waals surface area contributed by atoms with Gasteiger partial charge in [0.15, 0.2) is 0 Å². The number of rotatable bonds is 6. The van der Waals surface area contributed by atoms with Crippen molar-refractivity contribution in [1.82, 2.24) is 9.80 Å². The fourth-order valence-corrected chi connectivity index (χ4v) is 4.55. The van der Waals surface area contributed by atoms with Gasteiger partial charge in [-0.05, 0) is 25.3 Å². The van der Waals surface area contributed by atoms with Crippen LogP contribution in [0.25, 0.3) is 0 Å². The SMILES string of the molecule is COc1ccccc1CN1CC2(CC(OCC(=O)N3CCCC3)CCO2)C1.O=C(O)C(F)(F)F. The second kappa shape index (κ2) is 11.4. The van der Waals surface area contributed by atoms with Crippen LogP contribution in [0, 0.1) is 0 Å². The van der Waals surface area contributed by atoms with Crippen LogP contribution in [-0.4, -0.2) is 91.2 Å². The smallest absolute Gasteiger partial charge is 0.490 e. The largest absolute Gasteiger partial charge is 0.496 e. The molecule has 0 radical (unpaired) electrons. The Kier molecular flexibility index (Phi) is 8.78. The van der Waals surface area contributed by atoms with Crippen molar-refractivity contribution in [3.8, 4) is 5.75 Å². The normalized spacial score (nSPS) is 22.0. The van der Waals surface area contributed by atoms with Crippen molar-refractivity contribution in [3.05, 3.63) is 29.8 Å². The number of ether oxygens (including phenoxy) is 3. The maximum atomic E-state index is 12.2. The van der Waals surface area contributed by atoms with Crippen LogP contribution in [0.3, 0.4) is 0 Å². The van der Waals surface area contributed by atoms with Crippen LogP contribution in [0.5, 0.6) is 5.75 Å². The van der Waals surface area contributed by atoms with Crippen molar-refractivity contribution in [2.75, 3.05) is 46.5 Å². The quantitative estimate of drug-likeness (QED) is 0.659. The van der Waals surface area contributed by atoms with Gasteiger partial charge < -0.3 is 24.2 Å². The molecule has 190 valence electrons. The number of likely N-dealkylation sites (tertiary alicyclic amines) is 2. The van der Waals surface area contributed by atoms with Crippen LogP contribution in [0.2, 0.25) is 0 Å². The third-order valence-electron chi connectivity index (χ3n) is 6.20. The topological polar surface area (TPSA) is 88.5 Å². The first kappa shape index (κ1) is 26.2. The lowest BCUT2D eigenvalue weighted by Crippen LogP contribution is -2.65. The molecular formula is C23H31F3N2O6. The van der Waals surface area contributed by atoms with E-state index in [4.69, 9.17) is 24.1 Å². The van der Waals surface area contributed by atoms with Crippen molar-refractivity contribution in [3.63, 3.8) is 0 Å². The summed E-state index contributed by atoms with van der Waals surface area (Å²) in [4.78, 5) is 25.4. The zero-order valence-electron chi connectivity index (χ0n) is 19.2. The molecule has 1 aromatic rings. The van der Waals surface area contributed by atoms with Crippen molar-refractivity contribution in [1.29, 1.82) is 0 Å². The molecular weight excluding hydrogens is 457 g/mol. The molecule has 0 aliphatic carbocycles. The number of hydrogen-bond acceptors (Lipinski definition) is 6. The number of carbonyl (C=O) groups excluding carboxylic acids is 1. The number of halogens is 3. The van der Waals surface area contributed by atoms with Crippen LogP contribution in [-0.2, 0) is 25.6 Å². The average Bonchev–Trinajstić information content (AvgIpc) is 3.32. The first-order chi connectivity index (χ1) is 16.1. The molecule has 3 aliphatic heterocycles. The van der Waals surface area contributed by atoms with Crippen LogP contribution in [0.1, 0.15) is 31.2 Å². The molecule has 0 saturated carbocycles. The third-order valence-corrected chi connectivity index (χ3v) is 6.20. The number of para-hydroxylation sites is 1. The molecule has 11 heteroatoms. The minimum absolute atomic E-state index is 0.110. The first-order valence-corrected chi connectivity index (χ1v) is 11.3. The number of hydrogen-bond donors (Lipinski definition) is 1.